The summed E-state index contributed by atoms with van der Waals surface area (Å²) in [6.45, 7) is 0.158. The van der Waals surface area contributed by atoms with Crippen molar-refractivity contribution in [2.75, 3.05) is 4.90 Å². The summed E-state index contributed by atoms with van der Waals surface area (Å²) < 4.78 is 37.2. The summed E-state index contributed by atoms with van der Waals surface area (Å²) in [6.07, 6.45) is -3.52. The first-order valence-corrected chi connectivity index (χ1v) is 7.68. The fourth-order valence-corrected chi connectivity index (χ4v) is 2.19. The fraction of sp³-hybridized carbons (Fsp3) is 0.111. The summed E-state index contributed by atoms with van der Waals surface area (Å²) in [5, 5.41) is 9.44. The van der Waals surface area contributed by atoms with Gasteiger partial charge in [-0.3, -0.25) is 4.79 Å². The number of nitrogens with zero attached hydrogens (tertiary/aromatic N) is 1. The second-order valence-corrected chi connectivity index (χ2v) is 5.72. The lowest BCUT2D eigenvalue weighted by molar-refractivity contribution is -0.165. The minimum atomic E-state index is -4.96. The maximum absolute atomic E-state index is 12.4. The number of carboxylic acids is 1. The van der Waals surface area contributed by atoms with Crippen LogP contribution in [0.3, 0.4) is 0 Å². The molecule has 0 spiro atoms. The van der Waals surface area contributed by atoms with Gasteiger partial charge in [0.1, 0.15) is 0 Å². The van der Waals surface area contributed by atoms with Crippen LogP contribution in [-0.2, 0) is 11.3 Å². The lowest BCUT2D eigenvalue weighted by Gasteiger charge is -2.21. The van der Waals surface area contributed by atoms with Crippen molar-refractivity contribution >= 4 is 29.0 Å². The molecule has 0 saturated heterocycles. The molecule has 0 bridgehead atoms. The van der Waals surface area contributed by atoms with Crippen LogP contribution in [0.4, 0.5) is 18.9 Å². The van der Waals surface area contributed by atoms with Crippen LogP contribution in [0, 0.1) is 0 Å². The molecule has 0 heterocycles. The number of hydrogen-bond donors (Lipinski definition) is 1. The quantitative estimate of drug-likeness (QED) is 0.735. The number of carbonyl (C=O) groups is 2. The first-order valence-electron chi connectivity index (χ1n) is 7.30. The normalized spacial score (nSPS) is 11.5. The van der Waals surface area contributed by atoms with E-state index in [2.05, 4.69) is 0 Å². The molecular formula is C18H13ClF3NO3. The Hall–Kier alpha value is -2.80. The summed E-state index contributed by atoms with van der Waals surface area (Å²) in [5.74, 6) is -3.11. The Bertz CT molecular complexity index is 815. The molecule has 0 aliphatic carbocycles. The third-order valence-electron chi connectivity index (χ3n) is 3.40. The molecule has 0 fully saturated rings. The number of halogens is 4. The van der Waals surface area contributed by atoms with E-state index in [-0.39, 0.29) is 12.1 Å². The average molecular weight is 384 g/mol. The van der Waals surface area contributed by atoms with Gasteiger partial charge in [0.15, 0.2) is 0 Å². The van der Waals surface area contributed by atoms with Crippen molar-refractivity contribution in [2.24, 2.45) is 0 Å². The largest absolute Gasteiger partial charge is 0.478 e. The summed E-state index contributed by atoms with van der Waals surface area (Å²) in [4.78, 5) is 23.4. The summed E-state index contributed by atoms with van der Waals surface area (Å²) in [6, 6.07) is 12.2. The van der Waals surface area contributed by atoms with Crippen LogP contribution < -0.4 is 4.90 Å². The molecule has 0 unspecified atom stereocenters. The van der Waals surface area contributed by atoms with Gasteiger partial charge in [-0.15, -0.1) is 0 Å². The first kappa shape index (κ1) is 19.5. The van der Waals surface area contributed by atoms with Crippen LogP contribution >= 0.6 is 11.6 Å². The lowest BCUT2D eigenvalue weighted by atomic mass is 10.1. The van der Waals surface area contributed by atoms with E-state index in [0.717, 1.165) is 11.8 Å². The van der Waals surface area contributed by atoms with Crippen molar-refractivity contribution in [1.29, 1.82) is 0 Å². The van der Waals surface area contributed by atoms with E-state index < -0.39 is 17.9 Å². The van der Waals surface area contributed by atoms with Crippen LogP contribution in [0.1, 0.15) is 15.9 Å². The number of allylic oxidation sites excluding steroid dienone is 1. The molecule has 2 rings (SSSR count). The number of aromatic carboxylic acids is 1. The second kappa shape index (κ2) is 8.05. The van der Waals surface area contributed by atoms with Gasteiger partial charge < -0.3 is 10.0 Å². The number of rotatable bonds is 6. The zero-order valence-corrected chi connectivity index (χ0v) is 14.0. The molecule has 0 radical (unpaired) electrons. The Morgan fingerprint density at radius 1 is 1.04 bits per heavy atom. The molecular weight excluding hydrogens is 371 g/mol. The SMILES string of the molecule is O=C(O)c1ccc(N(/C=C/C(=O)C(F)(F)F)Cc2ccc(Cl)cc2)cc1. The number of anilines is 1. The van der Waals surface area contributed by atoms with Crippen molar-refractivity contribution < 1.29 is 27.9 Å². The highest BCUT2D eigenvalue weighted by molar-refractivity contribution is 6.30. The first-order chi connectivity index (χ1) is 12.2. The Morgan fingerprint density at radius 2 is 1.62 bits per heavy atom. The topological polar surface area (TPSA) is 57.6 Å². The van der Waals surface area contributed by atoms with Gasteiger partial charge in [0.05, 0.1) is 5.56 Å². The molecule has 0 atom stereocenters. The van der Waals surface area contributed by atoms with Gasteiger partial charge in [-0.1, -0.05) is 23.7 Å². The van der Waals surface area contributed by atoms with E-state index in [4.69, 9.17) is 16.7 Å². The van der Waals surface area contributed by atoms with Gasteiger partial charge in [-0.05, 0) is 42.0 Å². The Morgan fingerprint density at radius 3 is 2.12 bits per heavy atom. The second-order valence-electron chi connectivity index (χ2n) is 5.28. The van der Waals surface area contributed by atoms with Crippen LogP contribution in [0.5, 0.6) is 0 Å². The van der Waals surface area contributed by atoms with Crippen molar-refractivity contribution in [1.82, 2.24) is 0 Å². The van der Waals surface area contributed by atoms with Gasteiger partial charge in [0.2, 0.25) is 0 Å². The molecule has 2 aromatic rings. The average Bonchev–Trinajstić information content (AvgIpc) is 2.59. The minimum Gasteiger partial charge on any atom is -0.478 e. The standard InChI is InChI=1S/C18H13ClF3NO3/c19-14-5-1-12(2-6-14)11-23(10-9-16(24)18(20,21)22)15-7-3-13(4-8-15)17(25)26/h1-10H,11H2,(H,25,26)/b10-9+. The molecule has 4 nitrogen and oxygen atoms in total. The minimum absolute atomic E-state index is 0.0375. The number of carboxylic acid groups (broad SMARTS) is 1. The predicted octanol–water partition coefficient (Wildman–Crippen LogP) is 4.69. The molecule has 0 saturated carbocycles. The lowest BCUT2D eigenvalue weighted by Crippen LogP contribution is -2.22. The van der Waals surface area contributed by atoms with Gasteiger partial charge in [-0.25, -0.2) is 4.79 Å². The van der Waals surface area contributed by atoms with Crippen LogP contribution in [0.15, 0.2) is 60.8 Å². The summed E-state index contributed by atoms with van der Waals surface area (Å²) in [7, 11) is 0. The van der Waals surface area contributed by atoms with Crippen molar-refractivity contribution in [3.63, 3.8) is 0 Å². The highest BCUT2D eigenvalue weighted by Crippen LogP contribution is 2.21. The predicted molar refractivity (Wildman–Crippen MR) is 91.2 cm³/mol. The van der Waals surface area contributed by atoms with Gasteiger partial charge in [0, 0.05) is 29.5 Å². The molecule has 0 aliphatic heterocycles. The molecule has 1 N–H and O–H groups in total. The Labute approximate surface area is 152 Å². The van der Waals surface area contributed by atoms with Crippen LogP contribution in [-0.4, -0.2) is 23.0 Å². The summed E-state index contributed by atoms with van der Waals surface area (Å²) in [5.41, 5.74) is 1.20. The Kier molecular flexibility index (Phi) is 6.05. The van der Waals surface area contributed by atoms with Crippen LogP contribution in [0.2, 0.25) is 5.02 Å². The Balaban J connectivity index is 2.31. The third-order valence-corrected chi connectivity index (χ3v) is 3.65. The number of benzene rings is 2. The van der Waals surface area contributed by atoms with E-state index in [1.165, 1.54) is 29.2 Å². The molecule has 26 heavy (non-hydrogen) atoms. The van der Waals surface area contributed by atoms with E-state index in [0.29, 0.717) is 16.8 Å². The third kappa shape index (κ3) is 5.35. The number of alkyl halides is 3. The monoisotopic (exact) mass is 383 g/mol. The molecule has 0 aromatic heterocycles. The highest BCUT2D eigenvalue weighted by Gasteiger charge is 2.36. The van der Waals surface area contributed by atoms with E-state index in [1.54, 1.807) is 24.3 Å². The maximum Gasteiger partial charge on any atom is 0.454 e. The van der Waals surface area contributed by atoms with Crippen LogP contribution in [0.25, 0.3) is 0 Å². The number of hydrogen-bond acceptors (Lipinski definition) is 3. The smallest absolute Gasteiger partial charge is 0.454 e. The van der Waals surface area contributed by atoms with E-state index in [1.807, 2.05) is 0 Å². The maximum atomic E-state index is 12.4. The molecule has 136 valence electrons. The molecule has 0 amide bonds. The van der Waals surface area contributed by atoms with Crippen molar-refractivity contribution in [3.8, 4) is 0 Å². The van der Waals surface area contributed by atoms with Crippen molar-refractivity contribution in [3.05, 3.63) is 77.0 Å². The molecule has 8 heteroatoms. The number of ketones is 1. The van der Waals surface area contributed by atoms with Crippen molar-refractivity contribution in [2.45, 2.75) is 12.7 Å². The van der Waals surface area contributed by atoms with Gasteiger partial charge >= 0.3 is 12.1 Å². The van der Waals surface area contributed by atoms with E-state index in [9.17, 15) is 22.8 Å². The fourth-order valence-electron chi connectivity index (χ4n) is 2.06. The highest BCUT2D eigenvalue weighted by atomic mass is 35.5. The zero-order valence-electron chi connectivity index (χ0n) is 13.2. The zero-order chi connectivity index (χ0) is 19.3. The number of carbonyl (C=O) groups excluding carboxylic acids is 1. The summed E-state index contributed by atoms with van der Waals surface area (Å²) >= 11 is 5.81. The molecule has 0 aliphatic rings. The molecule has 2 aromatic carbocycles. The van der Waals surface area contributed by atoms with Gasteiger partial charge in [0.25, 0.3) is 5.78 Å². The van der Waals surface area contributed by atoms with E-state index >= 15 is 0 Å². The van der Waals surface area contributed by atoms with Gasteiger partial charge in [-0.2, -0.15) is 13.2 Å².